The zero-order valence-electron chi connectivity index (χ0n) is 15.8. The Bertz CT molecular complexity index is 1010. The molecule has 1 aliphatic rings. The van der Waals surface area contributed by atoms with Gasteiger partial charge in [-0.1, -0.05) is 55.2 Å². The quantitative estimate of drug-likeness (QED) is 0.458. The predicted molar refractivity (Wildman–Crippen MR) is 119 cm³/mol. The predicted octanol–water partition coefficient (Wildman–Crippen LogP) is 6.02. The van der Waals surface area contributed by atoms with Gasteiger partial charge in [-0.15, -0.1) is 0 Å². The Balaban J connectivity index is 1.75. The van der Waals surface area contributed by atoms with Gasteiger partial charge in [-0.25, -0.2) is 9.67 Å². The lowest BCUT2D eigenvalue weighted by molar-refractivity contribution is 0.705. The molecule has 0 atom stereocenters. The molecule has 0 amide bonds. The highest BCUT2D eigenvalue weighted by Gasteiger charge is 2.27. The number of pyridine rings is 1. The van der Waals surface area contributed by atoms with E-state index in [9.17, 15) is 0 Å². The van der Waals surface area contributed by atoms with Gasteiger partial charge in [0.15, 0.2) is 0 Å². The first-order valence-electron chi connectivity index (χ1n) is 9.46. The number of aromatic nitrogens is 3. The molecule has 2 aromatic heterocycles. The second-order valence-corrected chi connectivity index (χ2v) is 8.49. The van der Waals surface area contributed by atoms with Gasteiger partial charge in [0.2, 0.25) is 0 Å². The molecule has 4 rings (SSSR count). The summed E-state index contributed by atoms with van der Waals surface area (Å²) in [4.78, 5) is 6.63. The average molecular weight is 480 g/mol. The standard InChI is InChI=1S/C21H21BrCl2N4/c1-3-13-6-5-7-14(4-2)19(13)28-20(22)16-12-27(9-8-18(16)26-28)21-17(24)10-15(23)11-25-21/h5-7,10-11H,3-4,8-9,12H2,1-2H3. The Morgan fingerprint density at radius 1 is 1.14 bits per heavy atom. The van der Waals surface area contributed by atoms with E-state index in [0.29, 0.717) is 16.6 Å². The molecule has 3 heterocycles. The normalized spacial score (nSPS) is 13.7. The molecule has 0 unspecified atom stereocenters. The lowest BCUT2D eigenvalue weighted by Gasteiger charge is -2.28. The summed E-state index contributed by atoms with van der Waals surface area (Å²) >= 11 is 16.2. The van der Waals surface area contributed by atoms with E-state index in [4.69, 9.17) is 28.3 Å². The largest absolute Gasteiger partial charge is 0.350 e. The van der Waals surface area contributed by atoms with E-state index in [-0.39, 0.29) is 0 Å². The van der Waals surface area contributed by atoms with Gasteiger partial charge in [-0.05, 0) is 46.0 Å². The number of fused-ring (bicyclic) bond motifs is 1. The Morgan fingerprint density at radius 2 is 1.86 bits per heavy atom. The molecule has 146 valence electrons. The number of hydrogen-bond acceptors (Lipinski definition) is 3. The van der Waals surface area contributed by atoms with Crippen LogP contribution >= 0.6 is 39.1 Å². The van der Waals surface area contributed by atoms with Crippen molar-refractivity contribution in [3.63, 3.8) is 0 Å². The maximum Gasteiger partial charge on any atom is 0.147 e. The van der Waals surface area contributed by atoms with Crippen LogP contribution in [0, 0.1) is 0 Å². The molecule has 1 aliphatic heterocycles. The second kappa shape index (κ2) is 8.05. The van der Waals surface area contributed by atoms with Gasteiger partial charge >= 0.3 is 0 Å². The van der Waals surface area contributed by atoms with Gasteiger partial charge < -0.3 is 4.90 Å². The lowest BCUT2D eigenvalue weighted by atomic mass is 10.0. The van der Waals surface area contributed by atoms with E-state index >= 15 is 0 Å². The fourth-order valence-corrected chi connectivity index (χ4v) is 4.91. The van der Waals surface area contributed by atoms with Crippen molar-refractivity contribution in [1.82, 2.24) is 14.8 Å². The van der Waals surface area contributed by atoms with Gasteiger partial charge in [0.25, 0.3) is 0 Å². The van der Waals surface area contributed by atoms with E-state index in [1.165, 1.54) is 22.4 Å². The van der Waals surface area contributed by atoms with Gasteiger partial charge in [-0.3, -0.25) is 0 Å². The number of anilines is 1. The van der Waals surface area contributed by atoms with Gasteiger partial charge in [0, 0.05) is 31.3 Å². The molecule has 7 heteroatoms. The first-order chi connectivity index (χ1) is 13.5. The molecule has 0 saturated heterocycles. The summed E-state index contributed by atoms with van der Waals surface area (Å²) in [5, 5.41) is 6.09. The van der Waals surface area contributed by atoms with Crippen molar-refractivity contribution in [2.24, 2.45) is 0 Å². The first kappa shape index (κ1) is 19.7. The highest BCUT2D eigenvalue weighted by Crippen LogP contribution is 2.35. The summed E-state index contributed by atoms with van der Waals surface area (Å²) in [5.41, 5.74) is 6.12. The number of para-hydroxylation sites is 1. The molecule has 0 N–H and O–H groups in total. The summed E-state index contributed by atoms with van der Waals surface area (Å²) in [7, 11) is 0. The molecular weight excluding hydrogens is 459 g/mol. The summed E-state index contributed by atoms with van der Waals surface area (Å²) < 4.78 is 3.08. The summed E-state index contributed by atoms with van der Waals surface area (Å²) in [6, 6.07) is 8.25. The minimum absolute atomic E-state index is 0.545. The van der Waals surface area contributed by atoms with Crippen LogP contribution < -0.4 is 4.90 Å². The number of aryl methyl sites for hydroxylation is 2. The molecule has 0 aliphatic carbocycles. The van der Waals surface area contributed by atoms with Crippen LogP contribution in [0.4, 0.5) is 5.82 Å². The molecule has 0 bridgehead atoms. The maximum absolute atomic E-state index is 6.39. The highest BCUT2D eigenvalue weighted by atomic mass is 79.9. The van der Waals surface area contributed by atoms with Crippen LogP contribution in [0.25, 0.3) is 5.69 Å². The lowest BCUT2D eigenvalue weighted by Crippen LogP contribution is -2.31. The van der Waals surface area contributed by atoms with Crippen LogP contribution in [0.15, 0.2) is 35.1 Å². The number of halogens is 3. The van der Waals surface area contributed by atoms with E-state index in [1.54, 1.807) is 12.3 Å². The van der Waals surface area contributed by atoms with E-state index in [0.717, 1.165) is 41.9 Å². The Kier molecular flexibility index (Phi) is 5.68. The molecular formula is C21H21BrCl2N4. The third kappa shape index (κ3) is 3.44. The van der Waals surface area contributed by atoms with Crippen LogP contribution in [0.1, 0.15) is 36.2 Å². The minimum Gasteiger partial charge on any atom is -0.350 e. The van der Waals surface area contributed by atoms with Crippen LogP contribution in [0.2, 0.25) is 10.0 Å². The van der Waals surface area contributed by atoms with Gasteiger partial charge in [0.1, 0.15) is 10.4 Å². The zero-order valence-corrected chi connectivity index (χ0v) is 18.9. The van der Waals surface area contributed by atoms with Crippen molar-refractivity contribution in [3.8, 4) is 5.69 Å². The fraction of sp³-hybridized carbons (Fsp3) is 0.333. The Labute approximate surface area is 183 Å². The Morgan fingerprint density at radius 3 is 2.50 bits per heavy atom. The van der Waals surface area contributed by atoms with E-state index in [1.807, 2.05) is 0 Å². The van der Waals surface area contributed by atoms with Crippen LogP contribution in [-0.4, -0.2) is 21.3 Å². The summed E-state index contributed by atoms with van der Waals surface area (Å²) in [6.45, 7) is 5.90. The maximum atomic E-state index is 6.39. The van der Waals surface area contributed by atoms with Crippen LogP contribution in [-0.2, 0) is 25.8 Å². The van der Waals surface area contributed by atoms with Crippen molar-refractivity contribution in [2.45, 2.75) is 39.7 Å². The molecule has 28 heavy (non-hydrogen) atoms. The molecule has 0 radical (unpaired) electrons. The molecule has 4 nitrogen and oxygen atoms in total. The van der Waals surface area contributed by atoms with Gasteiger partial charge in [-0.2, -0.15) is 5.10 Å². The smallest absolute Gasteiger partial charge is 0.147 e. The molecule has 1 aromatic carbocycles. The third-order valence-corrected chi connectivity index (χ3v) is 6.54. The first-order valence-corrected chi connectivity index (χ1v) is 11.0. The molecule has 0 fully saturated rings. The topological polar surface area (TPSA) is 34.0 Å². The fourth-order valence-electron chi connectivity index (χ4n) is 3.80. The molecule has 0 spiro atoms. The molecule has 0 saturated carbocycles. The monoisotopic (exact) mass is 478 g/mol. The average Bonchev–Trinajstić information content (AvgIpc) is 3.03. The zero-order chi connectivity index (χ0) is 19.8. The summed E-state index contributed by atoms with van der Waals surface area (Å²) in [5.74, 6) is 0.763. The second-order valence-electron chi connectivity index (χ2n) is 6.89. The number of nitrogens with zero attached hydrogens (tertiary/aromatic N) is 4. The van der Waals surface area contributed by atoms with Gasteiger partial charge in [0.05, 0.1) is 21.4 Å². The SMILES string of the molecule is CCc1cccc(CC)c1-n1nc2c(c1Br)CN(c1ncc(Cl)cc1Cl)CC2. The van der Waals surface area contributed by atoms with Crippen molar-refractivity contribution in [2.75, 3.05) is 11.4 Å². The van der Waals surface area contributed by atoms with Crippen molar-refractivity contribution in [1.29, 1.82) is 0 Å². The highest BCUT2D eigenvalue weighted by molar-refractivity contribution is 9.10. The van der Waals surface area contributed by atoms with Crippen molar-refractivity contribution >= 4 is 44.9 Å². The number of benzene rings is 1. The Hall–Kier alpha value is -1.56. The number of rotatable bonds is 4. The van der Waals surface area contributed by atoms with E-state index < -0.39 is 0 Å². The van der Waals surface area contributed by atoms with E-state index in [2.05, 4.69) is 62.5 Å². The van der Waals surface area contributed by atoms with Crippen molar-refractivity contribution in [3.05, 3.63) is 67.5 Å². The van der Waals surface area contributed by atoms with Crippen LogP contribution in [0.5, 0.6) is 0 Å². The number of hydrogen-bond donors (Lipinski definition) is 0. The van der Waals surface area contributed by atoms with Crippen molar-refractivity contribution < 1.29 is 0 Å². The summed E-state index contributed by atoms with van der Waals surface area (Å²) in [6.07, 6.45) is 4.42. The van der Waals surface area contributed by atoms with Crippen LogP contribution in [0.3, 0.4) is 0 Å². The third-order valence-electron chi connectivity index (χ3n) is 5.24. The molecule has 3 aromatic rings. The minimum atomic E-state index is 0.545.